The second-order valence-electron chi connectivity index (χ2n) is 10.8. The summed E-state index contributed by atoms with van der Waals surface area (Å²) in [6, 6.07) is 14.0. The van der Waals surface area contributed by atoms with Crippen LogP contribution in [0.4, 0.5) is 0 Å². The van der Waals surface area contributed by atoms with Crippen LogP contribution in [0.1, 0.15) is 44.7 Å². The van der Waals surface area contributed by atoms with Gasteiger partial charge in [-0.1, -0.05) is 51.1 Å². The largest absolute Gasteiger partial charge is 0.493 e. The molecule has 7 heteroatoms. The van der Waals surface area contributed by atoms with E-state index >= 15 is 0 Å². The highest BCUT2D eigenvalue weighted by molar-refractivity contribution is 6.48. The fourth-order valence-corrected chi connectivity index (χ4v) is 6.10. The van der Waals surface area contributed by atoms with Crippen LogP contribution in [0.3, 0.4) is 0 Å². The Morgan fingerprint density at radius 3 is 2.09 bits per heavy atom. The van der Waals surface area contributed by atoms with Crippen molar-refractivity contribution in [1.29, 1.82) is 0 Å². The van der Waals surface area contributed by atoms with Crippen LogP contribution in [-0.4, -0.2) is 53.8 Å². The highest BCUT2D eigenvalue weighted by Crippen LogP contribution is 2.45. The fraction of sp³-hybridized carbons (Fsp3) is 0.536. The molecule has 1 amide bonds. The summed E-state index contributed by atoms with van der Waals surface area (Å²) >= 11 is 0. The van der Waals surface area contributed by atoms with Gasteiger partial charge in [-0.25, -0.2) is 0 Å². The first-order chi connectivity index (χ1) is 16.6. The number of likely N-dealkylation sites (tertiary alicyclic amines) is 1. The lowest BCUT2D eigenvalue weighted by atomic mass is 9.70. The molecule has 0 saturated carbocycles. The van der Waals surface area contributed by atoms with E-state index in [4.69, 9.17) is 18.6 Å². The third kappa shape index (κ3) is 5.84. The molecule has 192 valence electrons. The van der Waals surface area contributed by atoms with Crippen molar-refractivity contribution >= 4 is 14.9 Å². The van der Waals surface area contributed by atoms with Crippen LogP contribution < -0.4 is 14.2 Å². The molecule has 0 bridgehead atoms. The number of methoxy groups -OCH3 is 3. The van der Waals surface area contributed by atoms with Crippen molar-refractivity contribution in [3.63, 3.8) is 0 Å². The first-order valence-electron chi connectivity index (χ1n) is 12.3. The Kier molecular flexibility index (Phi) is 8.54. The van der Waals surface area contributed by atoms with Crippen molar-refractivity contribution < 1.29 is 23.4 Å². The molecule has 0 spiro atoms. The summed E-state index contributed by atoms with van der Waals surface area (Å²) in [5, 5.41) is 0. The van der Waals surface area contributed by atoms with Gasteiger partial charge >= 0.3 is 0 Å². The molecule has 1 aliphatic rings. The molecule has 1 saturated heterocycles. The van der Waals surface area contributed by atoms with Gasteiger partial charge in [0.2, 0.25) is 11.7 Å². The number of hydrogen-bond acceptors (Lipinski definition) is 5. The minimum atomic E-state index is -1.41. The number of amides is 1. The van der Waals surface area contributed by atoms with Crippen LogP contribution in [0, 0.1) is 5.41 Å². The minimum absolute atomic E-state index is 0.0279. The zero-order valence-corrected chi connectivity index (χ0v) is 23.7. The van der Waals surface area contributed by atoms with Gasteiger partial charge in [-0.05, 0) is 54.6 Å². The lowest BCUT2D eigenvalue weighted by Crippen LogP contribution is -2.50. The molecule has 0 N–H and O–H groups in total. The van der Waals surface area contributed by atoms with Gasteiger partial charge in [-0.2, -0.15) is 0 Å². The Balaban J connectivity index is 2.03. The summed E-state index contributed by atoms with van der Waals surface area (Å²) in [4.78, 5) is 16.3. The van der Waals surface area contributed by atoms with Gasteiger partial charge in [0.15, 0.2) is 20.5 Å². The van der Waals surface area contributed by atoms with E-state index in [9.17, 15) is 4.79 Å². The van der Waals surface area contributed by atoms with Crippen molar-refractivity contribution in [2.75, 3.05) is 27.9 Å². The van der Waals surface area contributed by atoms with Gasteiger partial charge in [0.05, 0.1) is 27.4 Å². The maximum absolute atomic E-state index is 14.3. The number of carbonyl (C=O) groups is 1. The van der Waals surface area contributed by atoms with Crippen molar-refractivity contribution in [1.82, 2.24) is 4.90 Å². The molecule has 3 rings (SSSR count). The summed E-state index contributed by atoms with van der Waals surface area (Å²) in [5.41, 5.74) is 1.30. The molecule has 1 aliphatic heterocycles. The molecule has 2 unspecified atom stereocenters. The molecule has 6 nitrogen and oxygen atoms in total. The number of hydrogen-bond donors (Lipinski definition) is 0. The SMILES string of the molecule is COc1cc(CN2CCC(c3ccccc3)(C(CC(C)(C)C)O[SiH](C)C)C2=O)cc(OC)c1OC. The van der Waals surface area contributed by atoms with Crippen molar-refractivity contribution in [2.45, 2.75) is 64.8 Å². The van der Waals surface area contributed by atoms with Crippen LogP contribution in [0.25, 0.3) is 0 Å². The smallest absolute Gasteiger partial charge is 0.236 e. The number of carbonyl (C=O) groups excluding carboxylic acids is 1. The molecule has 2 atom stereocenters. The predicted molar refractivity (Wildman–Crippen MR) is 142 cm³/mol. The van der Waals surface area contributed by atoms with Gasteiger partial charge in [0, 0.05) is 13.1 Å². The Hall–Kier alpha value is -2.51. The van der Waals surface area contributed by atoms with E-state index in [0.29, 0.717) is 30.3 Å². The monoisotopic (exact) mass is 499 g/mol. The van der Waals surface area contributed by atoms with Crippen LogP contribution in [0.2, 0.25) is 13.1 Å². The van der Waals surface area contributed by atoms with Gasteiger partial charge in [-0.15, -0.1) is 0 Å². The predicted octanol–water partition coefficient (Wildman–Crippen LogP) is 5.19. The van der Waals surface area contributed by atoms with Crippen LogP contribution in [0.15, 0.2) is 42.5 Å². The van der Waals surface area contributed by atoms with E-state index in [1.165, 1.54) is 0 Å². The van der Waals surface area contributed by atoms with E-state index in [-0.39, 0.29) is 17.4 Å². The second-order valence-corrected chi connectivity index (χ2v) is 13.2. The van der Waals surface area contributed by atoms with Gasteiger partial charge in [-0.3, -0.25) is 4.79 Å². The van der Waals surface area contributed by atoms with Crippen LogP contribution in [0.5, 0.6) is 17.2 Å². The maximum Gasteiger partial charge on any atom is 0.236 e. The first kappa shape index (κ1) is 27.1. The molecule has 0 radical (unpaired) electrons. The molecule has 2 aromatic rings. The zero-order valence-electron chi connectivity index (χ0n) is 22.5. The summed E-state index contributed by atoms with van der Waals surface area (Å²) in [7, 11) is 3.39. The van der Waals surface area contributed by atoms with E-state index in [1.54, 1.807) is 21.3 Å². The third-order valence-electron chi connectivity index (χ3n) is 6.62. The fourth-order valence-electron chi connectivity index (χ4n) is 5.11. The molecular weight excluding hydrogens is 458 g/mol. The molecule has 1 heterocycles. The topological polar surface area (TPSA) is 57.2 Å². The average Bonchev–Trinajstić information content (AvgIpc) is 3.14. The molecule has 0 aliphatic carbocycles. The Morgan fingerprint density at radius 2 is 1.60 bits per heavy atom. The second kappa shape index (κ2) is 11.0. The summed E-state index contributed by atoms with van der Waals surface area (Å²) in [6.07, 6.45) is 1.37. The number of nitrogens with zero attached hydrogens (tertiary/aromatic N) is 1. The van der Waals surface area contributed by atoms with Crippen LogP contribution >= 0.6 is 0 Å². The van der Waals surface area contributed by atoms with Crippen molar-refractivity contribution in [2.24, 2.45) is 5.41 Å². The molecule has 35 heavy (non-hydrogen) atoms. The number of rotatable bonds is 10. The van der Waals surface area contributed by atoms with Crippen molar-refractivity contribution in [3.05, 3.63) is 53.6 Å². The lowest BCUT2D eigenvalue weighted by molar-refractivity contribution is -0.136. The highest BCUT2D eigenvalue weighted by atomic mass is 28.3. The Morgan fingerprint density at radius 1 is 1.00 bits per heavy atom. The minimum Gasteiger partial charge on any atom is -0.493 e. The molecule has 0 aromatic heterocycles. The number of benzene rings is 2. The van der Waals surface area contributed by atoms with Crippen molar-refractivity contribution in [3.8, 4) is 17.2 Å². The molecular formula is C28H41NO5Si. The van der Waals surface area contributed by atoms with Gasteiger partial charge < -0.3 is 23.5 Å². The highest BCUT2D eigenvalue weighted by Gasteiger charge is 2.54. The van der Waals surface area contributed by atoms with Gasteiger partial charge in [0.25, 0.3) is 0 Å². The first-order valence-corrected chi connectivity index (χ1v) is 15.1. The molecule has 2 aromatic carbocycles. The quantitative estimate of drug-likeness (QED) is 0.421. The summed E-state index contributed by atoms with van der Waals surface area (Å²) < 4.78 is 23.2. The lowest BCUT2D eigenvalue weighted by Gasteiger charge is -2.40. The Labute approximate surface area is 212 Å². The zero-order chi connectivity index (χ0) is 25.8. The third-order valence-corrected chi connectivity index (χ3v) is 7.49. The molecule has 1 fully saturated rings. The summed E-state index contributed by atoms with van der Waals surface area (Å²) in [5.74, 6) is 1.84. The van der Waals surface area contributed by atoms with Crippen LogP contribution in [-0.2, 0) is 21.2 Å². The van der Waals surface area contributed by atoms with E-state index < -0.39 is 14.5 Å². The summed E-state index contributed by atoms with van der Waals surface area (Å²) in [6.45, 7) is 12.1. The van der Waals surface area contributed by atoms with E-state index in [0.717, 1.165) is 24.0 Å². The standard InChI is InChI=1S/C28H41NO5Si/c1-27(2,3)18-24(34-35(7)8)28(21-12-10-9-11-13-21)14-15-29(26(28)30)19-20-16-22(31-4)25(33-6)23(17-20)32-5/h9-13,16-17,24,35H,14-15,18-19H2,1-8H3. The Bertz CT molecular complexity index is 979. The maximum atomic E-state index is 14.3. The van der Waals surface area contributed by atoms with Gasteiger partial charge in [0.1, 0.15) is 5.41 Å². The van der Waals surface area contributed by atoms with E-state index in [1.807, 2.05) is 35.2 Å². The van der Waals surface area contributed by atoms with E-state index in [2.05, 4.69) is 46.0 Å². The normalized spacial score (nSPS) is 19.2. The average molecular weight is 500 g/mol. The number of ether oxygens (including phenoxy) is 3.